The lowest BCUT2D eigenvalue weighted by atomic mass is 10.00. The number of nitrogens with one attached hydrogen (secondary N) is 1. The number of halogens is 2. The van der Waals surface area contributed by atoms with Crippen LogP contribution in [0.25, 0.3) is 0 Å². The van der Waals surface area contributed by atoms with Crippen LogP contribution in [0.1, 0.15) is 11.8 Å². The van der Waals surface area contributed by atoms with Gasteiger partial charge in [-0.05, 0) is 12.1 Å². The number of hydrogen-bond acceptors (Lipinski definition) is 2. The summed E-state index contributed by atoms with van der Waals surface area (Å²) in [5.74, 6) is -2.33. The second-order valence-electron chi connectivity index (χ2n) is 2.59. The van der Waals surface area contributed by atoms with Crippen LogP contribution in [0, 0.1) is 0 Å². The normalized spacial score (nSPS) is 28.0. The van der Waals surface area contributed by atoms with Crippen molar-refractivity contribution in [1.29, 1.82) is 0 Å². The molecule has 0 bridgehead atoms. The maximum absolute atomic E-state index is 12.6. The van der Waals surface area contributed by atoms with Gasteiger partial charge in [-0.1, -0.05) is 0 Å². The molecular formula is C7H7F2NO. The molecule has 0 aliphatic carbocycles. The van der Waals surface area contributed by atoms with E-state index in [2.05, 4.69) is 5.32 Å². The van der Waals surface area contributed by atoms with Gasteiger partial charge in [0.2, 0.25) is 0 Å². The van der Waals surface area contributed by atoms with E-state index in [0.717, 1.165) is 0 Å². The van der Waals surface area contributed by atoms with Crippen LogP contribution in [0.4, 0.5) is 8.78 Å². The Morgan fingerprint density at radius 1 is 1.64 bits per heavy atom. The Morgan fingerprint density at radius 2 is 2.45 bits per heavy atom. The average molecular weight is 159 g/mol. The van der Waals surface area contributed by atoms with Gasteiger partial charge in [0.15, 0.2) is 0 Å². The van der Waals surface area contributed by atoms with Gasteiger partial charge in [0.25, 0.3) is 5.92 Å². The van der Waals surface area contributed by atoms with Crippen LogP contribution in [0.15, 0.2) is 22.8 Å². The van der Waals surface area contributed by atoms with Crippen molar-refractivity contribution >= 4 is 0 Å². The van der Waals surface area contributed by atoms with E-state index < -0.39 is 12.0 Å². The predicted octanol–water partition coefficient (Wildman–Crippen LogP) is 1.56. The summed E-state index contributed by atoms with van der Waals surface area (Å²) in [7, 11) is 0. The van der Waals surface area contributed by atoms with Crippen LogP contribution in [-0.2, 0) is 0 Å². The van der Waals surface area contributed by atoms with Gasteiger partial charge in [-0.2, -0.15) is 0 Å². The van der Waals surface area contributed by atoms with Gasteiger partial charge in [-0.3, -0.25) is 5.32 Å². The Kier molecular flexibility index (Phi) is 1.26. The van der Waals surface area contributed by atoms with Crippen LogP contribution in [0.5, 0.6) is 0 Å². The number of furan rings is 1. The molecule has 4 heteroatoms. The molecule has 0 spiro atoms. The maximum atomic E-state index is 12.6. The Labute approximate surface area is 62.2 Å². The van der Waals surface area contributed by atoms with Gasteiger partial charge in [-0.15, -0.1) is 0 Å². The molecule has 1 aromatic rings. The van der Waals surface area contributed by atoms with E-state index in [9.17, 15) is 8.78 Å². The summed E-state index contributed by atoms with van der Waals surface area (Å²) in [5, 5.41) is 2.59. The molecule has 0 radical (unpaired) electrons. The van der Waals surface area contributed by atoms with Crippen molar-refractivity contribution in [3.05, 3.63) is 24.2 Å². The molecule has 2 nitrogen and oxygen atoms in total. The van der Waals surface area contributed by atoms with Crippen molar-refractivity contribution in [2.45, 2.75) is 12.0 Å². The highest BCUT2D eigenvalue weighted by molar-refractivity contribution is 5.13. The lowest BCUT2D eigenvalue weighted by Gasteiger charge is -2.35. The second-order valence-corrected chi connectivity index (χ2v) is 2.59. The molecule has 1 aromatic heterocycles. The van der Waals surface area contributed by atoms with Crippen molar-refractivity contribution in [1.82, 2.24) is 5.32 Å². The topological polar surface area (TPSA) is 25.2 Å². The van der Waals surface area contributed by atoms with E-state index in [4.69, 9.17) is 4.42 Å². The van der Waals surface area contributed by atoms with E-state index in [1.165, 1.54) is 6.26 Å². The summed E-state index contributed by atoms with van der Waals surface area (Å²) < 4.78 is 30.1. The third kappa shape index (κ3) is 0.939. The largest absolute Gasteiger partial charge is 0.467 e. The highest BCUT2D eigenvalue weighted by Gasteiger charge is 2.50. The molecule has 2 rings (SSSR count). The molecular weight excluding hydrogens is 152 g/mol. The fourth-order valence-electron chi connectivity index (χ4n) is 1.12. The van der Waals surface area contributed by atoms with Crippen LogP contribution in [0.3, 0.4) is 0 Å². The van der Waals surface area contributed by atoms with E-state index >= 15 is 0 Å². The zero-order valence-electron chi connectivity index (χ0n) is 5.68. The quantitative estimate of drug-likeness (QED) is 0.672. The molecule has 1 unspecified atom stereocenters. The SMILES string of the molecule is FC1(F)CNC1c1ccco1. The highest BCUT2D eigenvalue weighted by Crippen LogP contribution is 2.37. The average Bonchev–Trinajstić information content (AvgIpc) is 2.38. The third-order valence-electron chi connectivity index (χ3n) is 1.79. The molecule has 0 amide bonds. The zero-order valence-corrected chi connectivity index (χ0v) is 5.68. The highest BCUT2D eigenvalue weighted by atomic mass is 19.3. The van der Waals surface area contributed by atoms with Crippen molar-refractivity contribution in [2.75, 3.05) is 6.54 Å². The first-order chi connectivity index (χ1) is 5.20. The molecule has 1 aliphatic heterocycles. The van der Waals surface area contributed by atoms with Crippen molar-refractivity contribution in [2.24, 2.45) is 0 Å². The third-order valence-corrected chi connectivity index (χ3v) is 1.79. The van der Waals surface area contributed by atoms with Crippen LogP contribution in [-0.4, -0.2) is 12.5 Å². The fraction of sp³-hybridized carbons (Fsp3) is 0.429. The Hall–Kier alpha value is -0.900. The van der Waals surface area contributed by atoms with Gasteiger partial charge >= 0.3 is 0 Å². The minimum Gasteiger partial charge on any atom is -0.467 e. The molecule has 1 fully saturated rings. The predicted molar refractivity (Wildman–Crippen MR) is 34.4 cm³/mol. The molecule has 11 heavy (non-hydrogen) atoms. The molecule has 0 saturated carbocycles. The summed E-state index contributed by atoms with van der Waals surface area (Å²) in [6.07, 6.45) is 1.39. The summed E-state index contributed by atoms with van der Waals surface area (Å²) in [4.78, 5) is 0. The smallest absolute Gasteiger partial charge is 0.282 e. The Bertz CT molecular complexity index is 245. The number of hydrogen-bond donors (Lipinski definition) is 1. The molecule has 1 aliphatic rings. The molecule has 2 heterocycles. The van der Waals surface area contributed by atoms with Crippen molar-refractivity contribution in [3.63, 3.8) is 0 Å². The van der Waals surface area contributed by atoms with Crippen LogP contribution >= 0.6 is 0 Å². The summed E-state index contributed by atoms with van der Waals surface area (Å²) in [6, 6.07) is 2.23. The number of rotatable bonds is 1. The van der Waals surface area contributed by atoms with Gasteiger partial charge in [0.1, 0.15) is 11.8 Å². The molecule has 1 saturated heterocycles. The minimum atomic E-state index is -2.64. The lowest BCUT2D eigenvalue weighted by Crippen LogP contribution is -2.55. The van der Waals surface area contributed by atoms with Crippen molar-refractivity contribution < 1.29 is 13.2 Å². The standard InChI is InChI=1S/C7H7F2NO/c8-7(9)4-10-6(7)5-2-1-3-11-5/h1-3,6,10H,4H2. The first kappa shape index (κ1) is 6.79. The molecule has 1 N–H and O–H groups in total. The first-order valence-corrected chi connectivity index (χ1v) is 3.35. The summed E-state index contributed by atoms with van der Waals surface area (Å²) in [5.41, 5.74) is 0. The van der Waals surface area contributed by atoms with Gasteiger partial charge in [-0.25, -0.2) is 8.78 Å². The maximum Gasteiger partial charge on any atom is 0.282 e. The second kappa shape index (κ2) is 2.04. The van der Waals surface area contributed by atoms with Crippen LogP contribution < -0.4 is 5.32 Å². The van der Waals surface area contributed by atoms with Crippen molar-refractivity contribution in [3.8, 4) is 0 Å². The van der Waals surface area contributed by atoms with E-state index in [0.29, 0.717) is 5.76 Å². The van der Waals surface area contributed by atoms with E-state index in [1.54, 1.807) is 12.1 Å². The Balaban J connectivity index is 2.20. The minimum absolute atomic E-state index is 0.252. The molecule has 1 atom stereocenters. The van der Waals surface area contributed by atoms with E-state index in [1.807, 2.05) is 0 Å². The molecule has 60 valence electrons. The van der Waals surface area contributed by atoms with Gasteiger partial charge < -0.3 is 4.42 Å². The molecule has 0 aromatic carbocycles. The monoisotopic (exact) mass is 159 g/mol. The number of alkyl halides is 2. The summed E-state index contributed by atoms with van der Waals surface area (Å²) >= 11 is 0. The summed E-state index contributed by atoms with van der Waals surface area (Å²) in [6.45, 7) is -0.252. The zero-order chi connectivity index (χ0) is 7.90. The van der Waals surface area contributed by atoms with E-state index in [-0.39, 0.29) is 6.54 Å². The van der Waals surface area contributed by atoms with Gasteiger partial charge in [0, 0.05) is 0 Å². The Morgan fingerprint density at radius 3 is 2.82 bits per heavy atom. The van der Waals surface area contributed by atoms with Gasteiger partial charge in [0.05, 0.1) is 12.8 Å². The van der Waals surface area contributed by atoms with Crippen LogP contribution in [0.2, 0.25) is 0 Å². The first-order valence-electron chi connectivity index (χ1n) is 3.35. The fourth-order valence-corrected chi connectivity index (χ4v) is 1.12. The lowest BCUT2D eigenvalue weighted by molar-refractivity contribution is -0.103.